The van der Waals surface area contributed by atoms with Crippen LogP contribution in [0.3, 0.4) is 0 Å². The summed E-state index contributed by atoms with van der Waals surface area (Å²) in [4.78, 5) is 57.3. The van der Waals surface area contributed by atoms with Crippen LogP contribution in [0.4, 0.5) is 4.79 Å². The number of rotatable bonds is 13. The van der Waals surface area contributed by atoms with Gasteiger partial charge in [-0.25, -0.2) is 4.79 Å². The van der Waals surface area contributed by atoms with Gasteiger partial charge in [0.25, 0.3) is 0 Å². The van der Waals surface area contributed by atoms with Crippen molar-refractivity contribution < 1.29 is 67.9 Å². The third kappa shape index (κ3) is 17.2. The van der Waals surface area contributed by atoms with Crippen molar-refractivity contribution in [3.05, 3.63) is 23.3 Å². The number of hydrogen-bond acceptors (Lipinski definition) is 10. The minimum absolute atomic E-state index is 0. The van der Waals surface area contributed by atoms with Crippen LogP contribution in [-0.2, 0) is 42.9 Å². The second kappa shape index (κ2) is 32.3. The SMILES string of the molecule is CC(C)CCC[C@@H](C)[C@H]1CCC2C3CC=C4CC(OC(=O)C5CCCCOC5=O)CC[C@]4(C)C3CC[C@@]21C.CC(C)CCC[C@@H](C)[C@H]1CCC2C3CC=C4CC(OC(=O)Cl)CC[C@]4(C)C3CC[C@@]21C.O=C1CCCCCO1.O=C1CCCCCO1.[H-].[Li+]. The standard InChI is InChI=1S/C34H54O4.C28H45ClO2.2C6H10O2.Li.H/c1-22(2)9-8-10-23(3)28-14-15-29-26-13-12-24-21-25(38-32(36)27-11-6-7-20-37-31(27)35)16-18-33(24,4)30(26)17-19-34(28,29)5;1-18(2)7-6-8-19(3)23-11-12-24-22-10-9-20-17-21(31-26(29)30)13-15-27(20,4)25(22)14-16-28(23,24)5;2*7-6-4-2-1-3-5-8-6;;/h12,22-23,25-30H,6-11,13-21H2,1-5H3;9,18-19,21-25H,6-8,10-17H2,1-5H3;2*1-5H2;;/q;;;;+1;-1/t23-,25?,26?,27?,28-,29?,30?,33+,34-;19-,21?,22?,23-,24?,25?,27+,28-;;;;/m11..../s1. The summed E-state index contributed by atoms with van der Waals surface area (Å²) in [5, 5.41) is 0. The Morgan fingerprint density at radius 3 is 1.43 bits per heavy atom. The molecule has 17 atom stereocenters. The summed E-state index contributed by atoms with van der Waals surface area (Å²) in [7, 11) is 0. The van der Waals surface area contributed by atoms with Gasteiger partial charge in [0.2, 0.25) is 0 Å². The van der Waals surface area contributed by atoms with E-state index in [-0.39, 0.29) is 61.8 Å². The largest absolute Gasteiger partial charge is 1.00 e. The smallest absolute Gasteiger partial charge is 1.00 e. The molecule has 0 aromatic carbocycles. The summed E-state index contributed by atoms with van der Waals surface area (Å²) in [6.07, 6.45) is 42.9. The second-order valence-corrected chi connectivity index (χ2v) is 31.7. The zero-order valence-corrected chi connectivity index (χ0v) is 57.0. The van der Waals surface area contributed by atoms with Crippen molar-refractivity contribution in [2.75, 3.05) is 19.8 Å². The Kier molecular flexibility index (Phi) is 26.7. The van der Waals surface area contributed by atoms with E-state index in [9.17, 15) is 24.0 Å². The van der Waals surface area contributed by atoms with Crippen LogP contribution in [-0.4, -0.2) is 61.3 Å². The first-order chi connectivity index (χ1) is 40.6. The van der Waals surface area contributed by atoms with Gasteiger partial charge < -0.3 is 25.1 Å². The molecular weight excluding hydrogens is 1090 g/mol. The van der Waals surface area contributed by atoms with E-state index in [4.69, 9.17) is 35.3 Å². The molecule has 6 saturated carbocycles. The molecule has 9 fully saturated rings. The molecule has 484 valence electrons. The Morgan fingerprint density at radius 2 is 0.977 bits per heavy atom. The molecule has 8 aliphatic carbocycles. The summed E-state index contributed by atoms with van der Waals surface area (Å²) in [6.45, 7) is 26.6. The maximum atomic E-state index is 12.9. The van der Waals surface area contributed by atoms with Crippen LogP contribution in [0.2, 0.25) is 0 Å². The van der Waals surface area contributed by atoms with Crippen molar-refractivity contribution in [2.24, 2.45) is 98.6 Å². The van der Waals surface area contributed by atoms with Crippen molar-refractivity contribution in [2.45, 2.75) is 293 Å². The topological polar surface area (TPSA) is 132 Å². The zero-order chi connectivity index (χ0) is 61.1. The summed E-state index contributed by atoms with van der Waals surface area (Å²) < 4.78 is 26.1. The number of halogens is 1. The molecule has 3 saturated heterocycles. The van der Waals surface area contributed by atoms with Gasteiger partial charge in [-0.15, -0.1) is 0 Å². The molecule has 12 heteroatoms. The molecule has 9 unspecified atom stereocenters. The van der Waals surface area contributed by atoms with E-state index in [1.165, 1.54) is 108 Å². The van der Waals surface area contributed by atoms with Gasteiger partial charge >= 0.3 is 48.2 Å². The van der Waals surface area contributed by atoms with E-state index >= 15 is 0 Å². The molecule has 0 bridgehead atoms. The number of fused-ring (bicyclic) bond motifs is 10. The summed E-state index contributed by atoms with van der Waals surface area (Å²) >= 11 is 5.51. The molecular formula is C74H120ClLiO10. The van der Waals surface area contributed by atoms with E-state index in [1.54, 1.807) is 5.57 Å². The molecule has 0 aromatic rings. The fraction of sp³-hybridized carbons (Fsp3) is 0.878. The Hall–Kier alpha value is -2.28. The Labute approximate surface area is 540 Å². The molecule has 3 aliphatic heterocycles. The number of allylic oxidation sites excluding steroid dienone is 2. The molecule has 0 spiro atoms. The van der Waals surface area contributed by atoms with Crippen LogP contribution < -0.4 is 18.9 Å². The van der Waals surface area contributed by atoms with Crippen molar-refractivity contribution >= 4 is 40.9 Å². The number of ether oxygens (including phenoxy) is 5. The Balaban J connectivity index is 0.000000219. The summed E-state index contributed by atoms with van der Waals surface area (Å²) in [6, 6.07) is 0. The predicted octanol–water partition coefficient (Wildman–Crippen LogP) is 16.4. The third-order valence-corrected chi connectivity index (χ3v) is 25.4. The molecule has 0 N–H and O–H groups in total. The van der Waals surface area contributed by atoms with Gasteiger partial charge in [0, 0.05) is 37.3 Å². The number of hydrogen-bond donors (Lipinski definition) is 0. The van der Waals surface area contributed by atoms with E-state index in [1.807, 2.05) is 0 Å². The normalized spacial score (nSPS) is 38.0. The fourth-order valence-electron chi connectivity index (χ4n) is 20.6. The molecule has 3 heterocycles. The molecule has 0 radical (unpaired) electrons. The van der Waals surface area contributed by atoms with E-state index in [2.05, 4.69) is 81.4 Å². The molecule has 0 aromatic heterocycles. The summed E-state index contributed by atoms with van der Waals surface area (Å²) in [5.74, 6) is 8.68. The van der Waals surface area contributed by atoms with Crippen LogP contribution in [0.25, 0.3) is 0 Å². The average molecular weight is 1210 g/mol. The summed E-state index contributed by atoms with van der Waals surface area (Å²) in [5.41, 5.74) is 4.06. The average Bonchev–Trinajstić information content (AvgIpc) is 1.77. The van der Waals surface area contributed by atoms with Crippen molar-refractivity contribution in [1.82, 2.24) is 0 Å². The van der Waals surface area contributed by atoms with Gasteiger partial charge in [-0.3, -0.25) is 19.2 Å². The maximum Gasteiger partial charge on any atom is 1.00 e. The number of esters is 4. The van der Waals surface area contributed by atoms with Crippen LogP contribution in [0.15, 0.2) is 23.3 Å². The van der Waals surface area contributed by atoms with Crippen molar-refractivity contribution in [3.63, 3.8) is 0 Å². The third-order valence-electron chi connectivity index (χ3n) is 25.3. The molecule has 10 nitrogen and oxygen atoms in total. The first kappa shape index (κ1) is 71.2. The molecule has 11 aliphatic rings. The molecule has 86 heavy (non-hydrogen) atoms. The monoisotopic (exact) mass is 1210 g/mol. The first-order valence-corrected chi connectivity index (χ1v) is 35.9. The van der Waals surface area contributed by atoms with E-state index < -0.39 is 11.3 Å². The van der Waals surface area contributed by atoms with Gasteiger partial charge in [0.05, 0.1) is 19.8 Å². The van der Waals surface area contributed by atoms with Gasteiger partial charge in [0.1, 0.15) is 12.2 Å². The number of carbonyl (C=O) groups excluding carboxylic acids is 5. The first-order valence-electron chi connectivity index (χ1n) is 35.5. The van der Waals surface area contributed by atoms with E-state index in [0.717, 1.165) is 161 Å². The van der Waals surface area contributed by atoms with Gasteiger partial charge in [-0.05, 0) is 240 Å². The van der Waals surface area contributed by atoms with E-state index in [0.29, 0.717) is 55.3 Å². The minimum Gasteiger partial charge on any atom is -1.00 e. The Morgan fingerprint density at radius 1 is 0.535 bits per heavy atom. The van der Waals surface area contributed by atoms with Crippen molar-refractivity contribution in [1.29, 1.82) is 0 Å². The van der Waals surface area contributed by atoms with Gasteiger partial charge in [-0.2, -0.15) is 0 Å². The van der Waals surface area contributed by atoms with Gasteiger partial charge in [-0.1, -0.05) is 131 Å². The predicted molar refractivity (Wildman–Crippen MR) is 340 cm³/mol. The minimum atomic E-state index is -0.727. The molecule has 11 rings (SSSR count). The number of carbonyl (C=O) groups is 5. The van der Waals surface area contributed by atoms with Crippen LogP contribution in [0.5, 0.6) is 0 Å². The number of cyclic esters (lactones) is 3. The maximum absolute atomic E-state index is 12.9. The van der Waals surface area contributed by atoms with Gasteiger partial charge in [0.15, 0.2) is 5.92 Å². The zero-order valence-electron chi connectivity index (χ0n) is 57.2. The Bertz CT molecular complexity index is 2260. The van der Waals surface area contributed by atoms with Crippen LogP contribution >= 0.6 is 11.6 Å². The quantitative estimate of drug-likeness (QED) is 0.0438. The fourth-order valence-corrected chi connectivity index (χ4v) is 20.7. The van der Waals surface area contributed by atoms with Crippen LogP contribution in [0.1, 0.15) is 283 Å². The van der Waals surface area contributed by atoms with Crippen molar-refractivity contribution in [3.8, 4) is 0 Å². The second-order valence-electron chi connectivity index (χ2n) is 31.4. The van der Waals surface area contributed by atoms with Crippen LogP contribution in [0, 0.1) is 98.6 Å². The molecule has 0 amide bonds.